The van der Waals surface area contributed by atoms with Crippen LogP contribution in [0.5, 0.6) is 5.75 Å². The highest BCUT2D eigenvalue weighted by Gasteiger charge is 2.17. The van der Waals surface area contributed by atoms with Crippen LogP contribution in [0.2, 0.25) is 5.02 Å². The van der Waals surface area contributed by atoms with Crippen molar-refractivity contribution in [3.05, 3.63) is 28.5 Å². The molecule has 0 aliphatic carbocycles. The highest BCUT2D eigenvalue weighted by atomic mass is 35.5. The molecule has 2 aromatic rings. The predicted molar refractivity (Wildman–Crippen MR) is 76.4 cm³/mol. The summed E-state index contributed by atoms with van der Waals surface area (Å²) in [7, 11) is 0. The largest absolute Gasteiger partial charge is 0.492 e. The summed E-state index contributed by atoms with van der Waals surface area (Å²) < 4.78 is 10.4. The van der Waals surface area contributed by atoms with E-state index in [1.54, 1.807) is 13.0 Å². The summed E-state index contributed by atoms with van der Waals surface area (Å²) in [6, 6.07) is 1.75. The van der Waals surface area contributed by atoms with Gasteiger partial charge in [0.1, 0.15) is 5.75 Å². The summed E-state index contributed by atoms with van der Waals surface area (Å²) in [5.74, 6) is 0.134. The molecule has 2 aromatic heterocycles. The van der Waals surface area contributed by atoms with Crippen molar-refractivity contribution < 1.29 is 14.3 Å². The first kappa shape index (κ1) is 14.5. The van der Waals surface area contributed by atoms with E-state index in [1.807, 2.05) is 13.8 Å². The van der Waals surface area contributed by atoms with Crippen molar-refractivity contribution in [2.45, 2.75) is 20.8 Å². The van der Waals surface area contributed by atoms with Crippen molar-refractivity contribution in [2.75, 3.05) is 13.2 Å². The van der Waals surface area contributed by atoms with Crippen molar-refractivity contribution in [1.29, 1.82) is 0 Å². The molecule has 0 N–H and O–H groups in total. The molecule has 0 unspecified atom stereocenters. The third kappa shape index (κ3) is 2.67. The standard InChI is InChI=1S/C14H15ClN2O3/c1-4-19-11-6-9-12(15)10(14(18)20-5-2)7-16-13(9)17-8(11)3/h6-7H,4-5H2,1-3H3. The van der Waals surface area contributed by atoms with Crippen molar-refractivity contribution in [1.82, 2.24) is 9.97 Å². The van der Waals surface area contributed by atoms with E-state index >= 15 is 0 Å². The maximum atomic E-state index is 11.8. The number of aryl methyl sites for hydroxylation is 1. The van der Waals surface area contributed by atoms with Crippen LogP contribution >= 0.6 is 11.6 Å². The molecule has 0 amide bonds. The molecule has 0 aliphatic rings. The van der Waals surface area contributed by atoms with E-state index in [0.717, 1.165) is 5.69 Å². The van der Waals surface area contributed by atoms with Crippen LogP contribution in [0.15, 0.2) is 12.3 Å². The molecule has 0 atom stereocenters. The second-order valence-corrected chi connectivity index (χ2v) is 4.46. The molecule has 0 aromatic carbocycles. The van der Waals surface area contributed by atoms with Gasteiger partial charge >= 0.3 is 5.97 Å². The Balaban J connectivity index is 2.59. The monoisotopic (exact) mass is 294 g/mol. The van der Waals surface area contributed by atoms with Gasteiger partial charge < -0.3 is 9.47 Å². The lowest BCUT2D eigenvalue weighted by atomic mass is 10.2. The van der Waals surface area contributed by atoms with E-state index in [1.165, 1.54) is 6.20 Å². The first-order valence-corrected chi connectivity index (χ1v) is 6.72. The van der Waals surface area contributed by atoms with Crippen LogP contribution in [-0.2, 0) is 4.74 Å². The zero-order chi connectivity index (χ0) is 14.7. The SMILES string of the molecule is CCOC(=O)c1cnc2nc(C)c(OCC)cc2c1Cl. The third-order valence-electron chi connectivity index (χ3n) is 2.73. The van der Waals surface area contributed by atoms with Gasteiger partial charge in [-0.2, -0.15) is 0 Å². The molecule has 0 fully saturated rings. The molecular formula is C14H15ClN2O3. The third-order valence-corrected chi connectivity index (χ3v) is 3.14. The first-order valence-electron chi connectivity index (χ1n) is 6.34. The molecule has 0 bridgehead atoms. The Morgan fingerprint density at radius 3 is 2.75 bits per heavy atom. The number of carbonyl (C=O) groups excluding carboxylic acids is 1. The number of hydrogen-bond donors (Lipinski definition) is 0. The summed E-state index contributed by atoms with van der Waals surface area (Å²) in [6.07, 6.45) is 1.38. The second-order valence-electron chi connectivity index (χ2n) is 4.08. The van der Waals surface area contributed by atoms with Crippen LogP contribution in [0, 0.1) is 6.92 Å². The molecule has 0 saturated heterocycles. The van der Waals surface area contributed by atoms with Crippen LogP contribution in [-0.4, -0.2) is 29.2 Å². The molecule has 0 spiro atoms. The average molecular weight is 295 g/mol. The summed E-state index contributed by atoms with van der Waals surface area (Å²) >= 11 is 6.26. The lowest BCUT2D eigenvalue weighted by Gasteiger charge is -2.10. The molecular weight excluding hydrogens is 280 g/mol. The van der Waals surface area contributed by atoms with E-state index in [4.69, 9.17) is 21.1 Å². The minimum Gasteiger partial charge on any atom is -0.492 e. The maximum absolute atomic E-state index is 11.8. The van der Waals surface area contributed by atoms with Crippen LogP contribution in [0.4, 0.5) is 0 Å². The number of ether oxygens (including phenoxy) is 2. The van der Waals surface area contributed by atoms with E-state index in [2.05, 4.69) is 9.97 Å². The van der Waals surface area contributed by atoms with Crippen molar-refractivity contribution in [3.8, 4) is 5.75 Å². The number of hydrogen-bond acceptors (Lipinski definition) is 5. The van der Waals surface area contributed by atoms with E-state index < -0.39 is 5.97 Å². The van der Waals surface area contributed by atoms with Gasteiger partial charge in [0.2, 0.25) is 0 Å². The number of carbonyl (C=O) groups is 1. The Bertz CT molecular complexity index is 658. The number of halogens is 1. The Morgan fingerprint density at radius 2 is 2.10 bits per heavy atom. The number of pyridine rings is 2. The zero-order valence-electron chi connectivity index (χ0n) is 11.6. The fourth-order valence-electron chi connectivity index (χ4n) is 1.81. The van der Waals surface area contributed by atoms with Crippen molar-refractivity contribution in [2.24, 2.45) is 0 Å². The fraction of sp³-hybridized carbons (Fsp3) is 0.357. The first-order chi connectivity index (χ1) is 9.58. The Morgan fingerprint density at radius 1 is 1.35 bits per heavy atom. The summed E-state index contributed by atoms with van der Waals surface area (Å²) in [5, 5.41) is 0.855. The smallest absolute Gasteiger partial charge is 0.341 e. The molecule has 5 nitrogen and oxygen atoms in total. The van der Waals surface area contributed by atoms with Gasteiger partial charge in [0.05, 0.1) is 29.5 Å². The molecule has 0 aliphatic heterocycles. The summed E-state index contributed by atoms with van der Waals surface area (Å²) in [5.41, 5.74) is 1.44. The number of nitrogens with zero attached hydrogens (tertiary/aromatic N) is 2. The quantitative estimate of drug-likeness (QED) is 0.811. The number of fused-ring (bicyclic) bond motifs is 1. The van der Waals surface area contributed by atoms with Gasteiger partial charge in [-0.1, -0.05) is 11.6 Å². The fourth-order valence-corrected chi connectivity index (χ4v) is 2.08. The normalized spacial score (nSPS) is 10.6. The lowest BCUT2D eigenvalue weighted by Crippen LogP contribution is -2.07. The second kappa shape index (κ2) is 6.05. The van der Waals surface area contributed by atoms with Gasteiger partial charge in [0.25, 0.3) is 0 Å². The average Bonchev–Trinajstić information content (AvgIpc) is 2.41. The Kier molecular flexibility index (Phi) is 4.39. The van der Waals surface area contributed by atoms with Gasteiger partial charge in [-0.25, -0.2) is 14.8 Å². The maximum Gasteiger partial charge on any atom is 0.341 e. The molecule has 0 radical (unpaired) electrons. The minimum absolute atomic E-state index is 0.231. The molecule has 6 heteroatoms. The van der Waals surface area contributed by atoms with E-state index in [9.17, 15) is 4.79 Å². The summed E-state index contributed by atoms with van der Waals surface area (Å²) in [6.45, 7) is 6.26. The van der Waals surface area contributed by atoms with Crippen LogP contribution in [0.3, 0.4) is 0 Å². The Labute approximate surface area is 121 Å². The van der Waals surface area contributed by atoms with Crippen molar-refractivity contribution >= 4 is 28.6 Å². The van der Waals surface area contributed by atoms with Crippen LogP contribution in [0.25, 0.3) is 11.0 Å². The molecule has 20 heavy (non-hydrogen) atoms. The molecule has 2 heterocycles. The molecule has 0 saturated carbocycles. The number of esters is 1. The number of rotatable bonds is 4. The van der Waals surface area contributed by atoms with Gasteiger partial charge in [-0.15, -0.1) is 0 Å². The molecule has 2 rings (SSSR count). The Hall–Kier alpha value is -1.88. The van der Waals surface area contributed by atoms with Crippen molar-refractivity contribution in [3.63, 3.8) is 0 Å². The van der Waals surface area contributed by atoms with Gasteiger partial charge in [-0.05, 0) is 26.8 Å². The zero-order valence-corrected chi connectivity index (χ0v) is 12.3. The highest BCUT2D eigenvalue weighted by Crippen LogP contribution is 2.29. The van der Waals surface area contributed by atoms with Crippen LogP contribution < -0.4 is 4.74 Å². The van der Waals surface area contributed by atoms with Gasteiger partial charge in [-0.3, -0.25) is 0 Å². The van der Waals surface area contributed by atoms with Gasteiger partial charge in [0, 0.05) is 11.6 Å². The van der Waals surface area contributed by atoms with E-state index in [-0.39, 0.29) is 17.2 Å². The number of aromatic nitrogens is 2. The topological polar surface area (TPSA) is 61.3 Å². The van der Waals surface area contributed by atoms with Crippen LogP contribution in [0.1, 0.15) is 29.9 Å². The van der Waals surface area contributed by atoms with E-state index in [0.29, 0.717) is 23.4 Å². The van der Waals surface area contributed by atoms with Gasteiger partial charge in [0.15, 0.2) is 5.65 Å². The predicted octanol–water partition coefficient (Wildman–Crippen LogP) is 3.17. The highest BCUT2D eigenvalue weighted by molar-refractivity contribution is 6.38. The summed E-state index contributed by atoms with van der Waals surface area (Å²) in [4.78, 5) is 20.3. The minimum atomic E-state index is -0.495. The molecule has 106 valence electrons. The lowest BCUT2D eigenvalue weighted by molar-refractivity contribution is 0.0526.